The number of fused-ring (bicyclic) bond motifs is 1. The van der Waals surface area contributed by atoms with E-state index in [2.05, 4.69) is 4.98 Å². The number of nitrogens with zero attached hydrogens (tertiary/aromatic N) is 3. The molecular formula is C17H16F3N3O5. The van der Waals surface area contributed by atoms with Crippen molar-refractivity contribution < 1.29 is 27.4 Å². The van der Waals surface area contributed by atoms with E-state index in [1.54, 1.807) is 12.1 Å². The molecule has 0 bridgehead atoms. The lowest BCUT2D eigenvalue weighted by molar-refractivity contribution is -0.141. The number of rotatable bonds is 6. The Labute approximate surface area is 155 Å². The molecule has 0 aliphatic heterocycles. The van der Waals surface area contributed by atoms with E-state index in [1.165, 1.54) is 13.3 Å². The van der Waals surface area contributed by atoms with Gasteiger partial charge in [0.15, 0.2) is 0 Å². The number of hydrogen-bond acceptors (Lipinski definition) is 6. The van der Waals surface area contributed by atoms with Crippen molar-refractivity contribution in [3.05, 3.63) is 62.8 Å². The summed E-state index contributed by atoms with van der Waals surface area (Å²) in [6.45, 7) is -0.473. The molecule has 8 nitrogen and oxygen atoms in total. The number of aryl methyl sites for hydroxylation is 1. The van der Waals surface area contributed by atoms with Gasteiger partial charge in [-0.05, 0) is 24.3 Å². The third-order valence-corrected chi connectivity index (χ3v) is 4.00. The SMILES string of the molecule is Cn1c(=O)n(CC(O)COCc2ccco2)c(=O)c2ccc(C(F)(F)F)nc21. The van der Waals surface area contributed by atoms with Gasteiger partial charge in [-0.2, -0.15) is 13.2 Å². The van der Waals surface area contributed by atoms with Crippen LogP contribution in [0.4, 0.5) is 13.2 Å². The summed E-state index contributed by atoms with van der Waals surface area (Å²) in [4.78, 5) is 28.3. The van der Waals surface area contributed by atoms with Crippen LogP contribution in [0.1, 0.15) is 11.5 Å². The van der Waals surface area contributed by atoms with Crippen LogP contribution in [0.25, 0.3) is 11.0 Å². The fraction of sp³-hybridized carbons (Fsp3) is 0.353. The molecule has 0 saturated carbocycles. The van der Waals surface area contributed by atoms with E-state index in [0.29, 0.717) is 11.8 Å². The molecule has 0 saturated heterocycles. The highest BCUT2D eigenvalue weighted by Crippen LogP contribution is 2.28. The molecule has 1 unspecified atom stereocenters. The smallest absolute Gasteiger partial charge is 0.433 e. The Morgan fingerprint density at radius 3 is 2.68 bits per heavy atom. The van der Waals surface area contributed by atoms with Gasteiger partial charge in [0.25, 0.3) is 5.56 Å². The number of hydrogen-bond donors (Lipinski definition) is 1. The summed E-state index contributed by atoms with van der Waals surface area (Å²) >= 11 is 0. The zero-order valence-electron chi connectivity index (χ0n) is 14.6. The minimum Gasteiger partial charge on any atom is -0.467 e. The zero-order valence-corrected chi connectivity index (χ0v) is 14.6. The fourth-order valence-electron chi connectivity index (χ4n) is 2.65. The number of ether oxygens (including phenoxy) is 1. The maximum absolute atomic E-state index is 12.8. The van der Waals surface area contributed by atoms with E-state index in [4.69, 9.17) is 9.15 Å². The second-order valence-corrected chi connectivity index (χ2v) is 6.07. The van der Waals surface area contributed by atoms with Gasteiger partial charge in [0.05, 0.1) is 30.9 Å². The maximum atomic E-state index is 12.8. The van der Waals surface area contributed by atoms with Crippen LogP contribution >= 0.6 is 0 Å². The molecule has 0 fully saturated rings. The molecule has 3 aromatic rings. The van der Waals surface area contributed by atoms with E-state index < -0.39 is 29.2 Å². The molecule has 0 radical (unpaired) electrons. The normalized spacial score (nSPS) is 13.2. The van der Waals surface area contributed by atoms with Crippen LogP contribution in [0.15, 0.2) is 44.5 Å². The average molecular weight is 399 g/mol. The van der Waals surface area contributed by atoms with E-state index in [0.717, 1.165) is 15.2 Å². The first-order chi connectivity index (χ1) is 13.2. The summed E-state index contributed by atoms with van der Waals surface area (Å²) in [5, 5.41) is 9.90. The molecule has 0 spiro atoms. The largest absolute Gasteiger partial charge is 0.467 e. The van der Waals surface area contributed by atoms with Crippen molar-refractivity contribution in [1.82, 2.24) is 14.1 Å². The Hall–Kier alpha value is -2.92. The van der Waals surface area contributed by atoms with Gasteiger partial charge in [0.2, 0.25) is 0 Å². The van der Waals surface area contributed by atoms with E-state index in [-0.39, 0.29) is 30.8 Å². The molecule has 28 heavy (non-hydrogen) atoms. The molecule has 1 atom stereocenters. The summed E-state index contributed by atoms with van der Waals surface area (Å²) in [7, 11) is 1.20. The van der Waals surface area contributed by atoms with Gasteiger partial charge in [-0.25, -0.2) is 9.78 Å². The average Bonchev–Trinajstić information content (AvgIpc) is 3.15. The molecule has 3 rings (SSSR count). The van der Waals surface area contributed by atoms with Gasteiger partial charge >= 0.3 is 11.9 Å². The quantitative estimate of drug-likeness (QED) is 0.671. The number of pyridine rings is 1. The zero-order chi connectivity index (χ0) is 20.5. The topological polar surface area (TPSA) is 99.5 Å². The minimum atomic E-state index is -4.71. The molecular weight excluding hydrogens is 383 g/mol. The molecule has 11 heteroatoms. The van der Waals surface area contributed by atoms with Crippen molar-refractivity contribution in [2.24, 2.45) is 7.05 Å². The number of aromatic nitrogens is 3. The molecule has 3 heterocycles. The van der Waals surface area contributed by atoms with Crippen LogP contribution in [-0.4, -0.2) is 31.9 Å². The first kappa shape index (κ1) is 19.8. The second kappa shape index (κ2) is 7.60. The molecule has 1 N–H and O–H groups in total. The van der Waals surface area contributed by atoms with Crippen molar-refractivity contribution in [1.29, 1.82) is 0 Å². The van der Waals surface area contributed by atoms with Crippen LogP contribution in [0, 0.1) is 0 Å². The summed E-state index contributed by atoms with van der Waals surface area (Å²) in [5.41, 5.74) is -3.33. The first-order valence-corrected chi connectivity index (χ1v) is 8.14. The van der Waals surface area contributed by atoms with E-state index in [1.807, 2.05) is 0 Å². The Balaban J connectivity index is 1.85. The molecule has 150 valence electrons. The summed E-state index contributed by atoms with van der Waals surface area (Å²) in [6, 6.07) is 4.98. The van der Waals surface area contributed by atoms with Crippen molar-refractivity contribution in [2.75, 3.05) is 6.61 Å². The summed E-state index contributed by atoms with van der Waals surface area (Å²) in [6.07, 6.45) is -4.44. The van der Waals surface area contributed by atoms with Crippen LogP contribution in [0.3, 0.4) is 0 Å². The Morgan fingerprint density at radius 2 is 2.04 bits per heavy atom. The maximum Gasteiger partial charge on any atom is 0.433 e. The molecule has 0 aliphatic carbocycles. The predicted molar refractivity (Wildman–Crippen MR) is 90.6 cm³/mol. The molecule has 0 aliphatic rings. The van der Waals surface area contributed by atoms with Gasteiger partial charge in [0.1, 0.15) is 23.7 Å². The van der Waals surface area contributed by atoms with Gasteiger partial charge in [-0.15, -0.1) is 0 Å². The minimum absolute atomic E-state index is 0.0961. The number of furan rings is 1. The van der Waals surface area contributed by atoms with Gasteiger partial charge < -0.3 is 14.3 Å². The number of alkyl halides is 3. The van der Waals surface area contributed by atoms with Crippen molar-refractivity contribution >= 4 is 11.0 Å². The summed E-state index contributed by atoms with van der Waals surface area (Å²) in [5.74, 6) is 0.539. The Kier molecular flexibility index (Phi) is 5.38. The Bertz CT molecular complexity index is 1090. The monoisotopic (exact) mass is 399 g/mol. The van der Waals surface area contributed by atoms with Gasteiger partial charge in [-0.1, -0.05) is 0 Å². The number of aliphatic hydroxyl groups excluding tert-OH is 1. The molecule has 0 amide bonds. The highest BCUT2D eigenvalue weighted by molar-refractivity contribution is 5.74. The third kappa shape index (κ3) is 3.99. The molecule has 3 aromatic heterocycles. The van der Waals surface area contributed by atoms with E-state index >= 15 is 0 Å². The molecule has 0 aromatic carbocycles. The summed E-state index contributed by atoms with van der Waals surface area (Å²) < 4.78 is 50.4. The number of aliphatic hydroxyl groups is 1. The standard InChI is InChI=1S/C17H16F3N3O5/c1-22-14-12(4-5-13(21-14)17(18,19)20)15(25)23(16(22)26)7-10(24)8-27-9-11-3-2-6-28-11/h2-6,10,24H,7-9H2,1H3. The number of halogens is 3. The van der Waals surface area contributed by atoms with Crippen LogP contribution < -0.4 is 11.2 Å². The predicted octanol–water partition coefficient (Wildman–Crippen LogP) is 1.28. The Morgan fingerprint density at radius 1 is 1.29 bits per heavy atom. The van der Waals surface area contributed by atoms with Crippen LogP contribution in [0.5, 0.6) is 0 Å². The van der Waals surface area contributed by atoms with Gasteiger partial charge in [0, 0.05) is 7.05 Å². The lowest BCUT2D eigenvalue weighted by atomic mass is 10.2. The third-order valence-electron chi connectivity index (χ3n) is 4.00. The van der Waals surface area contributed by atoms with Gasteiger partial charge in [-0.3, -0.25) is 13.9 Å². The second-order valence-electron chi connectivity index (χ2n) is 6.07. The van der Waals surface area contributed by atoms with Crippen molar-refractivity contribution in [2.45, 2.75) is 25.4 Å². The lowest BCUT2D eigenvalue weighted by Gasteiger charge is -2.15. The van der Waals surface area contributed by atoms with E-state index in [9.17, 15) is 27.9 Å². The van der Waals surface area contributed by atoms with Crippen LogP contribution in [0.2, 0.25) is 0 Å². The highest BCUT2D eigenvalue weighted by Gasteiger charge is 2.33. The lowest BCUT2D eigenvalue weighted by Crippen LogP contribution is -2.42. The van der Waals surface area contributed by atoms with Crippen molar-refractivity contribution in [3.8, 4) is 0 Å². The van der Waals surface area contributed by atoms with Crippen LogP contribution in [-0.2, 0) is 31.1 Å². The fourth-order valence-corrected chi connectivity index (χ4v) is 2.65. The van der Waals surface area contributed by atoms with Crippen molar-refractivity contribution in [3.63, 3.8) is 0 Å². The first-order valence-electron chi connectivity index (χ1n) is 8.14. The highest BCUT2D eigenvalue weighted by atomic mass is 19.4.